The van der Waals surface area contributed by atoms with Crippen molar-refractivity contribution in [3.63, 3.8) is 0 Å². The predicted molar refractivity (Wildman–Crippen MR) is 91.4 cm³/mol. The second-order valence-corrected chi connectivity index (χ2v) is 6.33. The Balaban J connectivity index is 1.99. The fourth-order valence-corrected chi connectivity index (χ4v) is 3.38. The highest BCUT2D eigenvalue weighted by molar-refractivity contribution is 7.99. The third-order valence-corrected chi connectivity index (χ3v) is 4.60. The maximum absolute atomic E-state index is 10.8. The molecule has 1 unspecified atom stereocenters. The molecule has 0 amide bonds. The van der Waals surface area contributed by atoms with E-state index in [1.54, 1.807) is 12.1 Å². The van der Waals surface area contributed by atoms with Gasteiger partial charge in [0.15, 0.2) is 5.96 Å². The first-order chi connectivity index (χ1) is 10.7. The number of benzene rings is 1. The molecule has 1 aliphatic rings. The number of nitro groups is 1. The molecule has 1 aromatic rings. The van der Waals surface area contributed by atoms with Gasteiger partial charge in [0, 0.05) is 30.5 Å². The van der Waals surface area contributed by atoms with E-state index in [0.717, 1.165) is 30.2 Å². The lowest BCUT2D eigenvalue weighted by Gasteiger charge is -2.24. The molecule has 0 aromatic heterocycles. The largest absolute Gasteiger partial charge is 0.357 e. The van der Waals surface area contributed by atoms with Crippen LogP contribution in [0.5, 0.6) is 0 Å². The van der Waals surface area contributed by atoms with E-state index in [4.69, 9.17) is 0 Å². The number of nitrogens with zero attached hydrogens (tertiary/aromatic N) is 2. The summed E-state index contributed by atoms with van der Waals surface area (Å²) >= 11 is 1.96. The van der Waals surface area contributed by atoms with Gasteiger partial charge < -0.3 is 10.6 Å². The molecule has 7 heteroatoms. The van der Waals surface area contributed by atoms with Gasteiger partial charge in [-0.1, -0.05) is 12.1 Å². The van der Waals surface area contributed by atoms with Gasteiger partial charge in [-0.15, -0.1) is 0 Å². The van der Waals surface area contributed by atoms with Crippen LogP contribution in [0.25, 0.3) is 0 Å². The highest BCUT2D eigenvalue weighted by atomic mass is 32.2. The number of nitrogens with one attached hydrogen (secondary N) is 2. The minimum Gasteiger partial charge on any atom is -0.357 e. The van der Waals surface area contributed by atoms with Gasteiger partial charge in [0.05, 0.1) is 11.5 Å². The molecule has 0 radical (unpaired) electrons. The highest BCUT2D eigenvalue weighted by Gasteiger charge is 2.14. The summed E-state index contributed by atoms with van der Waals surface area (Å²) in [6.45, 7) is 3.25. The van der Waals surface area contributed by atoms with Crippen LogP contribution in [0, 0.1) is 10.1 Å². The number of guanidine groups is 1. The van der Waals surface area contributed by atoms with Crippen molar-refractivity contribution in [3.05, 3.63) is 39.9 Å². The van der Waals surface area contributed by atoms with Crippen LogP contribution in [-0.2, 0) is 6.54 Å². The standard InChI is InChI=1S/C15H22N4O2S/c1-2-16-15(18-13-6-4-8-22-11-13)17-10-12-5-3-7-14(9-12)19(20)21/h3,5,7,9,13H,2,4,6,8,10-11H2,1H3,(H2,16,17,18). The van der Waals surface area contributed by atoms with Crippen LogP contribution in [0.2, 0.25) is 0 Å². The summed E-state index contributed by atoms with van der Waals surface area (Å²) in [4.78, 5) is 15.0. The van der Waals surface area contributed by atoms with E-state index in [1.165, 1.54) is 18.2 Å². The van der Waals surface area contributed by atoms with Crippen molar-refractivity contribution in [1.82, 2.24) is 10.6 Å². The molecule has 6 nitrogen and oxygen atoms in total. The third-order valence-electron chi connectivity index (χ3n) is 3.39. The Morgan fingerprint density at radius 3 is 3.09 bits per heavy atom. The molecule has 1 fully saturated rings. The number of hydrogen-bond donors (Lipinski definition) is 2. The summed E-state index contributed by atoms with van der Waals surface area (Å²) in [7, 11) is 0. The molecular formula is C15H22N4O2S. The number of thioether (sulfide) groups is 1. The van der Waals surface area contributed by atoms with Crippen LogP contribution in [-0.4, -0.2) is 35.0 Å². The maximum atomic E-state index is 10.8. The molecule has 1 saturated heterocycles. The molecular weight excluding hydrogens is 300 g/mol. The van der Waals surface area contributed by atoms with E-state index in [2.05, 4.69) is 15.6 Å². The topological polar surface area (TPSA) is 79.6 Å². The zero-order valence-corrected chi connectivity index (χ0v) is 13.6. The quantitative estimate of drug-likeness (QED) is 0.377. The van der Waals surface area contributed by atoms with Crippen LogP contribution < -0.4 is 10.6 Å². The zero-order valence-electron chi connectivity index (χ0n) is 12.7. The van der Waals surface area contributed by atoms with E-state index < -0.39 is 0 Å². The minimum atomic E-state index is -0.379. The Bertz CT molecular complexity index is 530. The predicted octanol–water partition coefficient (Wildman–Crippen LogP) is 2.55. The van der Waals surface area contributed by atoms with Crippen LogP contribution in [0.3, 0.4) is 0 Å². The van der Waals surface area contributed by atoms with Crippen LogP contribution in [0.4, 0.5) is 5.69 Å². The molecule has 1 atom stereocenters. The highest BCUT2D eigenvalue weighted by Crippen LogP contribution is 2.17. The fourth-order valence-electron chi connectivity index (χ4n) is 2.31. The van der Waals surface area contributed by atoms with E-state index in [9.17, 15) is 10.1 Å². The molecule has 1 aromatic carbocycles. The summed E-state index contributed by atoms with van der Waals surface area (Å²) in [6, 6.07) is 7.07. The molecule has 2 N–H and O–H groups in total. The second kappa shape index (κ2) is 8.63. The Hall–Kier alpha value is -1.76. The molecule has 120 valence electrons. The number of hydrogen-bond acceptors (Lipinski definition) is 4. The summed E-state index contributed by atoms with van der Waals surface area (Å²) < 4.78 is 0. The lowest BCUT2D eigenvalue weighted by atomic mass is 10.2. The summed E-state index contributed by atoms with van der Waals surface area (Å²) in [6.07, 6.45) is 2.39. The van der Waals surface area contributed by atoms with Crippen molar-refractivity contribution in [2.75, 3.05) is 18.1 Å². The number of nitro benzene ring substituents is 1. The average molecular weight is 322 g/mol. The maximum Gasteiger partial charge on any atom is 0.269 e. The number of aliphatic imine (C=N–C) groups is 1. The van der Waals surface area contributed by atoms with Gasteiger partial charge in [0.1, 0.15) is 0 Å². The van der Waals surface area contributed by atoms with Crippen LogP contribution in [0.1, 0.15) is 25.3 Å². The summed E-state index contributed by atoms with van der Waals surface area (Å²) in [5.74, 6) is 3.11. The number of non-ortho nitro benzene ring substituents is 1. The molecule has 1 aliphatic heterocycles. The Kier molecular flexibility index (Phi) is 6.51. The molecule has 0 aliphatic carbocycles. The van der Waals surface area contributed by atoms with Crippen molar-refractivity contribution in [2.24, 2.45) is 4.99 Å². The van der Waals surface area contributed by atoms with E-state index in [-0.39, 0.29) is 10.6 Å². The van der Waals surface area contributed by atoms with E-state index in [0.29, 0.717) is 12.6 Å². The van der Waals surface area contributed by atoms with Crippen molar-refractivity contribution in [1.29, 1.82) is 0 Å². The van der Waals surface area contributed by atoms with Crippen molar-refractivity contribution in [2.45, 2.75) is 32.4 Å². The third kappa shape index (κ3) is 5.22. The van der Waals surface area contributed by atoms with Crippen LogP contribution in [0.15, 0.2) is 29.3 Å². The van der Waals surface area contributed by atoms with Crippen LogP contribution >= 0.6 is 11.8 Å². The molecule has 2 rings (SSSR count). The minimum absolute atomic E-state index is 0.106. The first kappa shape index (κ1) is 16.6. The SMILES string of the molecule is CCNC(=NCc1cccc([N+](=O)[O-])c1)NC1CCCSC1. The Morgan fingerprint density at radius 2 is 2.41 bits per heavy atom. The van der Waals surface area contributed by atoms with E-state index >= 15 is 0 Å². The molecule has 1 heterocycles. The zero-order chi connectivity index (χ0) is 15.8. The van der Waals surface area contributed by atoms with E-state index in [1.807, 2.05) is 24.8 Å². The van der Waals surface area contributed by atoms with Gasteiger partial charge in [-0.05, 0) is 31.1 Å². The van der Waals surface area contributed by atoms with Gasteiger partial charge >= 0.3 is 0 Å². The number of rotatable bonds is 5. The molecule has 0 bridgehead atoms. The summed E-state index contributed by atoms with van der Waals surface area (Å²) in [5.41, 5.74) is 0.943. The Morgan fingerprint density at radius 1 is 1.55 bits per heavy atom. The van der Waals surface area contributed by atoms with Gasteiger partial charge in [-0.3, -0.25) is 10.1 Å². The van der Waals surface area contributed by atoms with Gasteiger partial charge in [0.25, 0.3) is 5.69 Å². The van der Waals surface area contributed by atoms with Gasteiger partial charge in [0.2, 0.25) is 0 Å². The van der Waals surface area contributed by atoms with Gasteiger partial charge in [-0.25, -0.2) is 4.99 Å². The first-order valence-corrected chi connectivity index (χ1v) is 8.70. The lowest BCUT2D eigenvalue weighted by Crippen LogP contribution is -2.45. The normalized spacial score (nSPS) is 18.8. The first-order valence-electron chi connectivity index (χ1n) is 7.55. The molecule has 0 saturated carbocycles. The summed E-state index contributed by atoms with van der Waals surface area (Å²) in [5, 5.41) is 17.5. The molecule has 0 spiro atoms. The average Bonchev–Trinajstić information content (AvgIpc) is 2.54. The monoisotopic (exact) mass is 322 g/mol. The Labute approximate surface area is 134 Å². The second-order valence-electron chi connectivity index (χ2n) is 5.18. The van der Waals surface area contributed by atoms with Crippen molar-refractivity contribution >= 4 is 23.4 Å². The van der Waals surface area contributed by atoms with Crippen molar-refractivity contribution < 1.29 is 4.92 Å². The van der Waals surface area contributed by atoms with Gasteiger partial charge in [-0.2, -0.15) is 11.8 Å². The molecule has 22 heavy (non-hydrogen) atoms. The smallest absolute Gasteiger partial charge is 0.269 e. The fraction of sp³-hybridized carbons (Fsp3) is 0.533. The lowest BCUT2D eigenvalue weighted by molar-refractivity contribution is -0.384. The van der Waals surface area contributed by atoms with Crippen molar-refractivity contribution in [3.8, 4) is 0 Å².